The highest BCUT2D eigenvalue weighted by Gasteiger charge is 2.36. The Bertz CT molecular complexity index is 533. The van der Waals surface area contributed by atoms with Gasteiger partial charge in [0.05, 0.1) is 11.6 Å². The molecule has 3 heteroatoms. The summed E-state index contributed by atoms with van der Waals surface area (Å²) in [6.07, 6.45) is 0.898. The standard InChI is InChI=1S/C14H14N2O/c1-9-10(2)15-8-12-7-11-5-3-4-6-13(11)16(12)14(9)17/h3-6,12,15H,1-2,7-8H2/t12-/m0/s1. The first-order valence-corrected chi connectivity index (χ1v) is 5.72. The Hall–Kier alpha value is -2.03. The van der Waals surface area contributed by atoms with Crippen LogP contribution in [0.4, 0.5) is 5.69 Å². The Balaban J connectivity index is 2.08. The molecule has 0 unspecified atom stereocenters. The van der Waals surface area contributed by atoms with Gasteiger partial charge in [0, 0.05) is 17.9 Å². The van der Waals surface area contributed by atoms with E-state index in [1.165, 1.54) is 5.56 Å². The SMILES string of the molecule is C=C1NC[C@@H]2Cc3ccccc3N2C(=O)C1=C. The lowest BCUT2D eigenvalue weighted by Crippen LogP contribution is -2.40. The van der Waals surface area contributed by atoms with Gasteiger partial charge >= 0.3 is 0 Å². The summed E-state index contributed by atoms with van der Waals surface area (Å²) in [5.74, 6) is -0.0325. The average Bonchev–Trinajstić information content (AvgIpc) is 2.67. The zero-order valence-corrected chi connectivity index (χ0v) is 9.57. The van der Waals surface area contributed by atoms with Crippen molar-refractivity contribution in [3.8, 4) is 0 Å². The fraction of sp³-hybridized carbons (Fsp3) is 0.214. The van der Waals surface area contributed by atoms with E-state index < -0.39 is 0 Å². The van der Waals surface area contributed by atoms with Crippen molar-refractivity contribution in [3.05, 3.63) is 54.3 Å². The summed E-state index contributed by atoms with van der Waals surface area (Å²) >= 11 is 0. The van der Waals surface area contributed by atoms with Crippen LogP contribution in [0.15, 0.2) is 48.7 Å². The fourth-order valence-electron chi connectivity index (χ4n) is 2.52. The van der Waals surface area contributed by atoms with Crippen LogP contribution in [0.5, 0.6) is 0 Å². The van der Waals surface area contributed by atoms with Crippen LogP contribution < -0.4 is 10.2 Å². The molecule has 2 aliphatic rings. The Kier molecular flexibility index (Phi) is 2.08. The number of rotatable bonds is 0. The molecule has 1 amide bonds. The van der Waals surface area contributed by atoms with Gasteiger partial charge < -0.3 is 10.2 Å². The summed E-state index contributed by atoms with van der Waals surface area (Å²) in [5, 5.41) is 3.17. The van der Waals surface area contributed by atoms with E-state index in [-0.39, 0.29) is 11.9 Å². The third-order valence-electron chi connectivity index (χ3n) is 3.46. The summed E-state index contributed by atoms with van der Waals surface area (Å²) in [7, 11) is 0. The van der Waals surface area contributed by atoms with E-state index in [1.807, 2.05) is 23.1 Å². The van der Waals surface area contributed by atoms with Gasteiger partial charge in [-0.15, -0.1) is 0 Å². The average molecular weight is 226 g/mol. The zero-order chi connectivity index (χ0) is 12.0. The number of amides is 1. The normalized spacial score (nSPS) is 22.9. The summed E-state index contributed by atoms with van der Waals surface area (Å²) in [6.45, 7) is 8.38. The number of nitrogens with zero attached hydrogens (tertiary/aromatic N) is 1. The van der Waals surface area contributed by atoms with Crippen molar-refractivity contribution in [1.29, 1.82) is 0 Å². The highest BCUT2D eigenvalue weighted by Crippen LogP contribution is 2.34. The van der Waals surface area contributed by atoms with Crippen molar-refractivity contribution in [2.24, 2.45) is 0 Å². The van der Waals surface area contributed by atoms with E-state index >= 15 is 0 Å². The molecular weight excluding hydrogens is 212 g/mol. The molecule has 1 saturated heterocycles. The monoisotopic (exact) mass is 226 g/mol. The van der Waals surface area contributed by atoms with Crippen molar-refractivity contribution < 1.29 is 4.79 Å². The first kappa shape index (κ1) is 10.1. The first-order chi connectivity index (χ1) is 8.18. The predicted molar refractivity (Wildman–Crippen MR) is 67.7 cm³/mol. The minimum atomic E-state index is -0.0325. The molecule has 0 spiro atoms. The van der Waals surface area contributed by atoms with Crippen LogP contribution in [0.25, 0.3) is 0 Å². The Morgan fingerprint density at radius 2 is 2.06 bits per heavy atom. The smallest absolute Gasteiger partial charge is 0.260 e. The minimum Gasteiger partial charge on any atom is -0.383 e. The Labute approximate surface area is 100 Å². The van der Waals surface area contributed by atoms with Gasteiger partial charge in [-0.1, -0.05) is 31.4 Å². The van der Waals surface area contributed by atoms with E-state index in [0.29, 0.717) is 11.3 Å². The van der Waals surface area contributed by atoms with Gasteiger partial charge in [0.1, 0.15) is 0 Å². The van der Waals surface area contributed by atoms with E-state index in [0.717, 1.165) is 18.7 Å². The zero-order valence-electron chi connectivity index (χ0n) is 9.57. The number of hydrogen-bond donors (Lipinski definition) is 1. The number of carbonyl (C=O) groups excluding carboxylic acids is 1. The van der Waals surface area contributed by atoms with Crippen molar-refractivity contribution in [2.45, 2.75) is 12.5 Å². The van der Waals surface area contributed by atoms with Gasteiger partial charge in [-0.05, 0) is 18.1 Å². The molecule has 86 valence electrons. The van der Waals surface area contributed by atoms with Crippen LogP contribution >= 0.6 is 0 Å². The second-order valence-electron chi connectivity index (χ2n) is 4.50. The maximum atomic E-state index is 12.3. The second-order valence-corrected chi connectivity index (χ2v) is 4.50. The Morgan fingerprint density at radius 1 is 1.29 bits per heavy atom. The molecule has 1 aromatic rings. The van der Waals surface area contributed by atoms with E-state index in [9.17, 15) is 4.79 Å². The van der Waals surface area contributed by atoms with Crippen LogP contribution in [0, 0.1) is 0 Å². The van der Waals surface area contributed by atoms with E-state index in [1.54, 1.807) is 0 Å². The highest BCUT2D eigenvalue weighted by molar-refractivity contribution is 6.09. The van der Waals surface area contributed by atoms with Gasteiger partial charge in [-0.3, -0.25) is 4.79 Å². The molecule has 2 aliphatic heterocycles. The molecule has 0 bridgehead atoms. The van der Waals surface area contributed by atoms with Crippen LogP contribution in [0.3, 0.4) is 0 Å². The van der Waals surface area contributed by atoms with Crippen LogP contribution in [-0.2, 0) is 11.2 Å². The summed E-state index contributed by atoms with van der Waals surface area (Å²) < 4.78 is 0. The molecule has 0 aromatic heterocycles. The van der Waals surface area contributed by atoms with Crippen molar-refractivity contribution >= 4 is 11.6 Å². The minimum absolute atomic E-state index is 0.0325. The van der Waals surface area contributed by atoms with E-state index in [4.69, 9.17) is 0 Å². The molecule has 1 N–H and O–H groups in total. The fourth-order valence-corrected chi connectivity index (χ4v) is 2.52. The van der Waals surface area contributed by atoms with Crippen LogP contribution in [-0.4, -0.2) is 18.5 Å². The molecule has 0 saturated carbocycles. The third kappa shape index (κ3) is 1.39. The molecule has 0 radical (unpaired) electrons. The molecule has 3 rings (SSSR count). The van der Waals surface area contributed by atoms with Crippen LogP contribution in [0.2, 0.25) is 0 Å². The maximum absolute atomic E-state index is 12.3. The molecule has 1 aromatic carbocycles. The number of nitrogens with one attached hydrogen (secondary N) is 1. The lowest BCUT2D eigenvalue weighted by atomic mass is 10.1. The summed E-state index contributed by atoms with van der Waals surface area (Å²) in [6, 6.07) is 8.22. The van der Waals surface area contributed by atoms with Crippen molar-refractivity contribution in [3.63, 3.8) is 0 Å². The first-order valence-electron chi connectivity index (χ1n) is 5.72. The lowest BCUT2D eigenvalue weighted by Gasteiger charge is -2.22. The highest BCUT2D eigenvalue weighted by atomic mass is 16.2. The quantitative estimate of drug-likeness (QED) is 0.682. The number of hydrogen-bond acceptors (Lipinski definition) is 2. The molecule has 17 heavy (non-hydrogen) atoms. The molecule has 0 aliphatic carbocycles. The number of benzene rings is 1. The van der Waals surface area contributed by atoms with Crippen LogP contribution in [0.1, 0.15) is 5.56 Å². The number of anilines is 1. The number of carbonyl (C=O) groups is 1. The molecule has 3 nitrogen and oxygen atoms in total. The Morgan fingerprint density at radius 3 is 2.88 bits per heavy atom. The predicted octanol–water partition coefficient (Wildman–Crippen LogP) is 1.62. The van der Waals surface area contributed by atoms with Gasteiger partial charge in [0.15, 0.2) is 0 Å². The summed E-state index contributed by atoms with van der Waals surface area (Å²) in [4.78, 5) is 14.2. The second kappa shape index (κ2) is 3.48. The molecular formula is C14H14N2O. The number of fused-ring (bicyclic) bond motifs is 3. The topological polar surface area (TPSA) is 32.3 Å². The number of para-hydroxylation sites is 1. The van der Waals surface area contributed by atoms with Gasteiger partial charge in [0.2, 0.25) is 0 Å². The largest absolute Gasteiger partial charge is 0.383 e. The third-order valence-corrected chi connectivity index (χ3v) is 3.46. The summed E-state index contributed by atoms with van der Waals surface area (Å²) in [5.41, 5.74) is 3.35. The molecule has 1 atom stereocenters. The van der Waals surface area contributed by atoms with Gasteiger partial charge in [0.25, 0.3) is 5.91 Å². The lowest BCUT2D eigenvalue weighted by molar-refractivity contribution is -0.115. The maximum Gasteiger partial charge on any atom is 0.260 e. The van der Waals surface area contributed by atoms with Crippen molar-refractivity contribution in [2.75, 3.05) is 11.4 Å². The van der Waals surface area contributed by atoms with Gasteiger partial charge in [-0.25, -0.2) is 0 Å². The molecule has 1 fully saturated rings. The molecule has 2 heterocycles. The van der Waals surface area contributed by atoms with Crippen molar-refractivity contribution in [1.82, 2.24) is 5.32 Å². The van der Waals surface area contributed by atoms with E-state index in [2.05, 4.69) is 24.5 Å². The van der Waals surface area contributed by atoms with Gasteiger partial charge in [-0.2, -0.15) is 0 Å².